The van der Waals surface area contributed by atoms with Crippen LogP contribution in [-0.2, 0) is 4.79 Å². The van der Waals surface area contributed by atoms with Gasteiger partial charge in [0.1, 0.15) is 0 Å². The van der Waals surface area contributed by atoms with Crippen LogP contribution in [-0.4, -0.2) is 29.9 Å². The molecule has 0 aliphatic carbocycles. The molecule has 0 bridgehead atoms. The molecule has 0 spiro atoms. The second kappa shape index (κ2) is 10.3. The minimum atomic E-state index is -0.193. The van der Waals surface area contributed by atoms with Crippen LogP contribution in [0, 0.1) is 5.92 Å². The van der Waals surface area contributed by atoms with Gasteiger partial charge in [-0.15, -0.1) is 0 Å². The van der Waals surface area contributed by atoms with Gasteiger partial charge >= 0.3 is 0 Å². The van der Waals surface area contributed by atoms with Crippen LogP contribution in [0.2, 0.25) is 5.02 Å². The SMILES string of the molecule is O=C(CC1CCN(c2ccccc2NC(=O)c2cccc(Cl)c2)CC1)Nc1cccnc1. The highest BCUT2D eigenvalue weighted by atomic mass is 35.5. The zero-order valence-corrected chi connectivity index (χ0v) is 18.4. The number of anilines is 3. The summed E-state index contributed by atoms with van der Waals surface area (Å²) in [7, 11) is 0. The van der Waals surface area contributed by atoms with E-state index in [-0.39, 0.29) is 11.8 Å². The zero-order valence-electron chi connectivity index (χ0n) is 17.6. The summed E-state index contributed by atoms with van der Waals surface area (Å²) in [5.74, 6) is 0.156. The van der Waals surface area contributed by atoms with Gasteiger partial charge in [-0.05, 0) is 61.2 Å². The largest absolute Gasteiger partial charge is 0.370 e. The molecule has 1 aliphatic rings. The number of para-hydroxylation sites is 2. The molecule has 1 fully saturated rings. The Kier molecular flexibility index (Phi) is 7.02. The number of rotatable bonds is 6. The molecule has 6 nitrogen and oxygen atoms in total. The number of nitrogens with zero attached hydrogens (tertiary/aromatic N) is 2. The van der Waals surface area contributed by atoms with Gasteiger partial charge in [0.25, 0.3) is 5.91 Å². The Hall–Kier alpha value is -3.38. The lowest BCUT2D eigenvalue weighted by Gasteiger charge is -2.34. The van der Waals surface area contributed by atoms with E-state index in [0.717, 1.165) is 43.0 Å². The van der Waals surface area contributed by atoms with Crippen molar-refractivity contribution in [2.75, 3.05) is 28.6 Å². The van der Waals surface area contributed by atoms with Crippen LogP contribution in [0.15, 0.2) is 73.1 Å². The second-order valence-corrected chi connectivity index (χ2v) is 8.34. The van der Waals surface area contributed by atoms with Crippen LogP contribution in [0.5, 0.6) is 0 Å². The summed E-state index contributed by atoms with van der Waals surface area (Å²) in [6.45, 7) is 1.66. The summed E-state index contributed by atoms with van der Waals surface area (Å²) in [5, 5.41) is 6.45. The summed E-state index contributed by atoms with van der Waals surface area (Å²) in [5.41, 5.74) is 3.00. The number of nitrogens with one attached hydrogen (secondary N) is 2. The second-order valence-electron chi connectivity index (χ2n) is 7.91. The van der Waals surface area contributed by atoms with Gasteiger partial charge in [0, 0.05) is 36.3 Å². The number of carbonyl (C=O) groups excluding carboxylic acids is 2. The highest BCUT2D eigenvalue weighted by molar-refractivity contribution is 6.31. The number of aromatic nitrogens is 1. The van der Waals surface area contributed by atoms with Crippen molar-refractivity contribution in [3.8, 4) is 0 Å². The lowest BCUT2D eigenvalue weighted by Crippen LogP contribution is -2.35. The molecule has 0 saturated carbocycles. The molecule has 4 rings (SSSR count). The molecule has 2 N–H and O–H groups in total. The van der Waals surface area contributed by atoms with Gasteiger partial charge < -0.3 is 15.5 Å². The fourth-order valence-electron chi connectivity index (χ4n) is 3.97. The van der Waals surface area contributed by atoms with Gasteiger partial charge in [0.05, 0.1) is 23.3 Å². The molecule has 1 saturated heterocycles. The van der Waals surface area contributed by atoms with E-state index >= 15 is 0 Å². The van der Waals surface area contributed by atoms with Crippen molar-refractivity contribution in [3.63, 3.8) is 0 Å². The van der Waals surface area contributed by atoms with Gasteiger partial charge in [-0.3, -0.25) is 14.6 Å². The third-order valence-corrected chi connectivity index (χ3v) is 5.85. The van der Waals surface area contributed by atoms with E-state index in [1.807, 2.05) is 30.3 Å². The molecule has 32 heavy (non-hydrogen) atoms. The summed E-state index contributed by atoms with van der Waals surface area (Å²) < 4.78 is 0. The first-order valence-corrected chi connectivity index (χ1v) is 11.1. The van der Waals surface area contributed by atoms with E-state index < -0.39 is 0 Å². The molecule has 1 aliphatic heterocycles. The Morgan fingerprint density at radius 2 is 1.81 bits per heavy atom. The maximum Gasteiger partial charge on any atom is 0.255 e. The van der Waals surface area contributed by atoms with Gasteiger partial charge in [-0.1, -0.05) is 29.8 Å². The average Bonchev–Trinajstić information content (AvgIpc) is 2.80. The van der Waals surface area contributed by atoms with Crippen LogP contribution in [0.4, 0.5) is 17.1 Å². The lowest BCUT2D eigenvalue weighted by molar-refractivity contribution is -0.117. The predicted molar refractivity (Wildman–Crippen MR) is 128 cm³/mol. The number of benzene rings is 2. The highest BCUT2D eigenvalue weighted by Crippen LogP contribution is 2.31. The normalized spacial score (nSPS) is 14.1. The summed E-state index contributed by atoms with van der Waals surface area (Å²) in [6.07, 6.45) is 5.65. The molecule has 2 heterocycles. The number of pyridine rings is 1. The van der Waals surface area contributed by atoms with Crippen molar-refractivity contribution in [1.29, 1.82) is 0 Å². The first-order valence-electron chi connectivity index (χ1n) is 10.7. The average molecular weight is 449 g/mol. The first-order chi connectivity index (χ1) is 15.6. The van der Waals surface area contributed by atoms with Crippen molar-refractivity contribution in [1.82, 2.24) is 4.98 Å². The van der Waals surface area contributed by atoms with Crippen molar-refractivity contribution in [3.05, 3.63) is 83.6 Å². The molecule has 1 aromatic heterocycles. The Morgan fingerprint density at radius 3 is 2.56 bits per heavy atom. The van der Waals surface area contributed by atoms with Crippen molar-refractivity contribution < 1.29 is 9.59 Å². The highest BCUT2D eigenvalue weighted by Gasteiger charge is 2.23. The number of halogens is 1. The van der Waals surface area contributed by atoms with Gasteiger partial charge in [-0.25, -0.2) is 0 Å². The molecule has 0 atom stereocenters. The number of carbonyl (C=O) groups is 2. The number of hydrogen-bond acceptors (Lipinski definition) is 4. The van der Waals surface area contributed by atoms with Crippen molar-refractivity contribution >= 4 is 40.5 Å². The minimum absolute atomic E-state index is 0.0191. The molecule has 164 valence electrons. The topological polar surface area (TPSA) is 74.3 Å². The first kappa shape index (κ1) is 21.8. The minimum Gasteiger partial charge on any atom is -0.370 e. The van der Waals surface area contributed by atoms with Gasteiger partial charge in [0.15, 0.2) is 0 Å². The number of amides is 2. The molecular formula is C25H25ClN4O2. The van der Waals surface area contributed by atoms with E-state index in [9.17, 15) is 9.59 Å². The fraction of sp³-hybridized carbons (Fsp3) is 0.240. The van der Waals surface area contributed by atoms with E-state index in [4.69, 9.17) is 11.6 Å². The summed E-state index contributed by atoms with van der Waals surface area (Å²) in [4.78, 5) is 31.3. The zero-order chi connectivity index (χ0) is 22.3. The Bertz CT molecular complexity index is 1080. The molecule has 0 unspecified atom stereocenters. The van der Waals surface area contributed by atoms with Crippen LogP contribution in [0.25, 0.3) is 0 Å². The number of hydrogen-bond donors (Lipinski definition) is 2. The monoisotopic (exact) mass is 448 g/mol. The van der Waals surface area contributed by atoms with Crippen molar-refractivity contribution in [2.45, 2.75) is 19.3 Å². The third kappa shape index (κ3) is 5.65. The molecule has 2 aromatic carbocycles. The van der Waals surface area contributed by atoms with E-state index in [1.165, 1.54) is 0 Å². The maximum absolute atomic E-state index is 12.7. The van der Waals surface area contributed by atoms with E-state index in [2.05, 4.69) is 20.5 Å². The lowest BCUT2D eigenvalue weighted by atomic mass is 9.92. The fourth-order valence-corrected chi connectivity index (χ4v) is 4.16. The summed E-state index contributed by atoms with van der Waals surface area (Å²) >= 11 is 6.02. The quantitative estimate of drug-likeness (QED) is 0.541. The standard InChI is InChI=1S/C25H25ClN4O2/c26-20-6-3-5-19(16-20)25(32)29-22-8-1-2-9-23(22)30-13-10-18(11-14-30)15-24(31)28-21-7-4-12-27-17-21/h1-9,12,16-18H,10-11,13-15H2,(H,28,31)(H,29,32). The Labute approximate surface area is 192 Å². The van der Waals surface area contributed by atoms with Crippen molar-refractivity contribution in [2.24, 2.45) is 5.92 Å². The molecule has 7 heteroatoms. The Morgan fingerprint density at radius 1 is 1.00 bits per heavy atom. The number of piperidine rings is 1. The molecule has 0 radical (unpaired) electrons. The van der Waals surface area contributed by atoms with Crippen LogP contribution >= 0.6 is 11.6 Å². The summed E-state index contributed by atoms with van der Waals surface area (Å²) in [6, 6.07) is 18.3. The van der Waals surface area contributed by atoms with E-state index in [0.29, 0.717) is 22.9 Å². The Balaban J connectivity index is 1.34. The predicted octanol–water partition coefficient (Wildman–Crippen LogP) is 5.23. The van der Waals surface area contributed by atoms with Crippen LogP contribution < -0.4 is 15.5 Å². The molecule has 3 aromatic rings. The van der Waals surface area contributed by atoms with Crippen LogP contribution in [0.3, 0.4) is 0 Å². The third-order valence-electron chi connectivity index (χ3n) is 5.61. The van der Waals surface area contributed by atoms with E-state index in [1.54, 1.807) is 42.7 Å². The molecular weight excluding hydrogens is 424 g/mol. The smallest absolute Gasteiger partial charge is 0.255 e. The van der Waals surface area contributed by atoms with Crippen LogP contribution in [0.1, 0.15) is 29.6 Å². The maximum atomic E-state index is 12.7. The van der Waals surface area contributed by atoms with Gasteiger partial charge in [-0.2, -0.15) is 0 Å². The molecule has 2 amide bonds. The van der Waals surface area contributed by atoms with Gasteiger partial charge in [0.2, 0.25) is 5.91 Å².